The number of carboxylic acid groups (broad SMARTS) is 1. The second-order valence-electron chi connectivity index (χ2n) is 23.3. The van der Waals surface area contributed by atoms with Gasteiger partial charge in [0.25, 0.3) is 0 Å². The van der Waals surface area contributed by atoms with E-state index in [4.69, 9.17) is 19.9 Å². The highest BCUT2D eigenvalue weighted by molar-refractivity contribution is 6.01. The zero-order valence-electron chi connectivity index (χ0n) is 43.9. The fraction of sp³-hybridized carbons (Fsp3) is 0.579. The molecule has 7 aliphatic carbocycles. The van der Waals surface area contributed by atoms with Gasteiger partial charge in [-0.05, 0) is 136 Å². The van der Waals surface area contributed by atoms with Crippen LogP contribution in [0.3, 0.4) is 0 Å². The number of aliphatic carboxylic acids is 1. The summed E-state index contributed by atoms with van der Waals surface area (Å²) in [5.74, 6) is -4.13. The maximum absolute atomic E-state index is 14.0. The molecule has 10 rings (SSSR count). The summed E-state index contributed by atoms with van der Waals surface area (Å²) in [6.07, 6.45) is 8.98. The highest BCUT2D eigenvalue weighted by Crippen LogP contribution is 2.71. The quantitative estimate of drug-likeness (QED) is 0.0760. The molecular formula is C57H72N6O14. The minimum Gasteiger partial charge on any atom is -0.481 e. The van der Waals surface area contributed by atoms with E-state index in [1.807, 2.05) is 37.3 Å². The Labute approximate surface area is 447 Å². The lowest BCUT2D eigenvalue weighted by Gasteiger charge is -2.70. The van der Waals surface area contributed by atoms with Gasteiger partial charge in [-0.25, -0.2) is 4.79 Å². The molecule has 20 heteroatoms. The number of benzene rings is 2. The van der Waals surface area contributed by atoms with Crippen molar-refractivity contribution in [2.24, 2.45) is 39.7 Å². The summed E-state index contributed by atoms with van der Waals surface area (Å²) in [6.45, 7) is 4.56. The molecule has 8 aliphatic rings. The molecule has 2 aromatic carbocycles. The number of ether oxygens (including phenoxy) is 3. The van der Waals surface area contributed by atoms with Crippen molar-refractivity contribution >= 4 is 52.9 Å². The average Bonchev–Trinajstić information content (AvgIpc) is 4.15. The lowest BCUT2D eigenvalue weighted by Crippen LogP contribution is -2.75. The van der Waals surface area contributed by atoms with Gasteiger partial charge in [-0.2, -0.15) is 0 Å². The van der Waals surface area contributed by atoms with Crippen LogP contribution >= 0.6 is 0 Å². The molecular weight excluding hydrogens is 993 g/mol. The lowest BCUT2D eigenvalue weighted by molar-refractivity contribution is -0.201. The molecule has 414 valence electrons. The number of hydrogen-bond donors (Lipinski definition) is 9. The number of fused-ring (bicyclic) bond motifs is 7. The number of ketones is 2. The van der Waals surface area contributed by atoms with E-state index in [-0.39, 0.29) is 47.5 Å². The Hall–Kier alpha value is -6.32. The van der Waals surface area contributed by atoms with Crippen LogP contribution in [-0.4, -0.2) is 118 Å². The first-order valence-corrected chi connectivity index (χ1v) is 26.9. The highest BCUT2D eigenvalue weighted by atomic mass is 16.7. The number of nitrogens with two attached hydrogens (primary N) is 1. The number of hydrogen-bond acceptors (Lipinski definition) is 14. The molecule has 2 bridgehead atoms. The third-order valence-corrected chi connectivity index (χ3v) is 18.1. The number of carboxylic acids is 1. The summed E-state index contributed by atoms with van der Waals surface area (Å²) >= 11 is 0. The smallest absolute Gasteiger partial charge is 0.407 e. The normalized spacial score (nSPS) is 32.7. The van der Waals surface area contributed by atoms with Crippen LogP contribution in [0, 0.1) is 34.0 Å². The van der Waals surface area contributed by atoms with E-state index in [2.05, 4.69) is 33.5 Å². The number of Topliss-reactive ketones (excluding diaryl/α,β-unsaturated/α-hetero) is 1. The zero-order chi connectivity index (χ0) is 55.1. The van der Waals surface area contributed by atoms with Crippen molar-refractivity contribution in [1.29, 1.82) is 0 Å². The molecule has 7 fully saturated rings. The molecule has 0 aromatic heterocycles. The fourth-order valence-electron chi connectivity index (χ4n) is 14.8. The Bertz CT molecular complexity index is 2710. The van der Waals surface area contributed by atoms with Gasteiger partial charge in [-0.15, -0.1) is 0 Å². The summed E-state index contributed by atoms with van der Waals surface area (Å²) in [4.78, 5) is 101. The van der Waals surface area contributed by atoms with Crippen LogP contribution in [0.1, 0.15) is 121 Å². The highest BCUT2D eigenvalue weighted by Gasteiger charge is 2.76. The Morgan fingerprint density at radius 1 is 0.909 bits per heavy atom. The fourth-order valence-corrected chi connectivity index (χ4v) is 14.8. The van der Waals surface area contributed by atoms with Crippen LogP contribution in [0.15, 0.2) is 72.3 Å². The molecule has 1 aliphatic heterocycles. The van der Waals surface area contributed by atoms with Gasteiger partial charge in [0.2, 0.25) is 23.6 Å². The van der Waals surface area contributed by atoms with E-state index in [0.717, 1.165) is 55.2 Å². The van der Waals surface area contributed by atoms with Crippen LogP contribution in [0.2, 0.25) is 0 Å². The van der Waals surface area contributed by atoms with Crippen molar-refractivity contribution in [2.75, 3.05) is 25.0 Å². The molecule has 11 atom stereocenters. The molecule has 0 unspecified atom stereocenters. The van der Waals surface area contributed by atoms with E-state index in [9.17, 15) is 53.7 Å². The Balaban J connectivity index is 0.723. The van der Waals surface area contributed by atoms with Gasteiger partial charge in [0.05, 0.1) is 18.8 Å². The van der Waals surface area contributed by atoms with Gasteiger partial charge in [-0.1, -0.05) is 61.9 Å². The van der Waals surface area contributed by atoms with Crippen LogP contribution in [0.5, 0.6) is 0 Å². The number of anilines is 1. The summed E-state index contributed by atoms with van der Waals surface area (Å²) < 4.78 is 19.0. The third-order valence-electron chi connectivity index (χ3n) is 18.1. The van der Waals surface area contributed by atoms with Crippen molar-refractivity contribution in [2.45, 2.75) is 153 Å². The molecule has 10 N–H and O–H groups in total. The number of carbonyl (C=O) groups excluding carboxylic acids is 7. The van der Waals surface area contributed by atoms with Crippen molar-refractivity contribution in [1.82, 2.24) is 21.3 Å². The van der Waals surface area contributed by atoms with Crippen molar-refractivity contribution < 1.29 is 67.9 Å². The van der Waals surface area contributed by atoms with Gasteiger partial charge < -0.3 is 61.8 Å². The first-order chi connectivity index (χ1) is 36.6. The van der Waals surface area contributed by atoms with Crippen molar-refractivity contribution in [3.8, 4) is 0 Å². The molecule has 0 spiro atoms. The summed E-state index contributed by atoms with van der Waals surface area (Å²) in [6, 6.07) is 12.3. The van der Waals surface area contributed by atoms with E-state index in [1.54, 1.807) is 36.4 Å². The number of amides is 5. The van der Waals surface area contributed by atoms with E-state index < -0.39 is 108 Å². The maximum atomic E-state index is 14.0. The number of alkyl carbamates (subject to hydrolysis) is 1. The van der Waals surface area contributed by atoms with Crippen LogP contribution in [0.25, 0.3) is 0 Å². The largest absolute Gasteiger partial charge is 0.481 e. The first kappa shape index (κ1) is 55.4. The molecule has 1 saturated heterocycles. The van der Waals surface area contributed by atoms with Gasteiger partial charge >= 0.3 is 12.1 Å². The lowest BCUT2D eigenvalue weighted by atomic mass is 9.38. The zero-order valence-corrected chi connectivity index (χ0v) is 43.9. The standard InChI is InChI=1S/C57H72N6O14/c1-32(65)60-41(6-4-5-21-58)49(72)59-26-46(69)62-42(17-18-47(70)71)50(73)61-37-14-9-34(10-15-37)28-75-52(74)63-56-29-55(30-56,31-56)24-33-7-11-35(12-8-33)51-76-45-23-40-39-16-13-36-22-38(66)19-20-53(36,2)48(39)43(67)25-54(40,3)57(45,77-51)44(68)27-64/h7-12,14-15,19-20,22,39-43,45,48,51,64,67H,4-6,13,16-18,21,23-31,58H2,1-3H3,(H,59,72)(H,60,65)(H,61,73)(H,62,69)(H,63,74)(H,70,71)/t39-,40-,41-,42-,43-,45+,48+,51-,53-,54-,55?,56?,57+/m0/s1. The molecule has 77 heavy (non-hydrogen) atoms. The van der Waals surface area contributed by atoms with Crippen molar-refractivity contribution in [3.63, 3.8) is 0 Å². The van der Waals surface area contributed by atoms with Crippen LogP contribution < -0.4 is 32.3 Å². The monoisotopic (exact) mass is 1060 g/mol. The van der Waals surface area contributed by atoms with Crippen molar-refractivity contribution in [3.05, 3.63) is 89.0 Å². The van der Waals surface area contributed by atoms with E-state index in [1.165, 1.54) is 6.92 Å². The minimum absolute atomic E-state index is 0.00344. The minimum atomic E-state index is -1.44. The number of unbranched alkanes of at least 4 members (excludes halogenated alkanes) is 1. The number of allylic oxidation sites excluding steroid dienone is 4. The van der Waals surface area contributed by atoms with Crippen LogP contribution in [-0.2, 0) is 60.8 Å². The number of carbonyl (C=O) groups is 8. The number of aliphatic hydroxyl groups excluding tert-OH is 2. The summed E-state index contributed by atoms with van der Waals surface area (Å²) in [7, 11) is 0. The predicted molar refractivity (Wildman–Crippen MR) is 277 cm³/mol. The van der Waals surface area contributed by atoms with E-state index in [0.29, 0.717) is 49.9 Å². The third kappa shape index (κ3) is 10.8. The van der Waals surface area contributed by atoms with Gasteiger partial charge in [-0.3, -0.25) is 33.6 Å². The Morgan fingerprint density at radius 2 is 1.61 bits per heavy atom. The predicted octanol–water partition coefficient (Wildman–Crippen LogP) is 3.72. The topological polar surface area (TPSA) is 311 Å². The molecule has 2 aromatic rings. The number of nitrogens with one attached hydrogen (secondary N) is 5. The Morgan fingerprint density at radius 3 is 2.29 bits per heavy atom. The molecule has 0 radical (unpaired) electrons. The summed E-state index contributed by atoms with van der Waals surface area (Å²) in [5, 5.41) is 44.9. The number of rotatable bonds is 22. The molecule has 1 heterocycles. The van der Waals surface area contributed by atoms with E-state index >= 15 is 0 Å². The first-order valence-electron chi connectivity index (χ1n) is 26.9. The second-order valence-corrected chi connectivity index (χ2v) is 23.3. The van der Waals surface area contributed by atoms with Gasteiger partial charge in [0.15, 0.2) is 23.5 Å². The Kier molecular flexibility index (Phi) is 15.7. The maximum Gasteiger partial charge on any atom is 0.407 e. The van der Waals surface area contributed by atoms with Crippen LogP contribution in [0.4, 0.5) is 10.5 Å². The average molecular weight is 1070 g/mol. The number of aliphatic hydroxyl groups is 2. The molecule has 20 nitrogen and oxygen atoms in total. The molecule has 6 saturated carbocycles. The van der Waals surface area contributed by atoms with Gasteiger partial charge in [0.1, 0.15) is 25.3 Å². The molecule has 5 amide bonds. The summed E-state index contributed by atoms with van der Waals surface area (Å²) in [5.41, 5.74) is 6.43. The van der Waals surface area contributed by atoms with Gasteiger partial charge in [0, 0.05) is 46.9 Å². The SMILES string of the molecule is CC(=O)N[C@@H](CCCCN)C(=O)NCC(=O)N[C@@H](CCC(=O)O)C(=O)Nc1ccc(COC(=O)NC23CC(Cc4ccc([C@H]5O[C@@H]6C[C@H]7[C@@H]8CCC9=CC(=O)C=C[C@]9(C)[C@H]8[C@@H](O)C[C@]7(C)[C@]6(C(=O)CO)O5)cc4)(C2)C3)cc1. The second kappa shape index (κ2) is 21.8.